The normalized spacial score (nSPS) is 13.8. The molecule has 5 heteroatoms. The zero-order chi connectivity index (χ0) is 15.0. The lowest BCUT2D eigenvalue weighted by Crippen LogP contribution is -2.45. The number of unbranched alkanes of at least 4 members (excludes halogenated alkanes) is 1. The van der Waals surface area contributed by atoms with E-state index < -0.39 is 17.2 Å². The van der Waals surface area contributed by atoms with Crippen LogP contribution in [-0.2, 0) is 14.9 Å². The predicted octanol–water partition coefficient (Wildman–Crippen LogP) is 1.75. The van der Waals surface area contributed by atoms with E-state index in [1.807, 2.05) is 0 Å². The molecule has 3 N–H and O–H groups in total. The maximum absolute atomic E-state index is 14.1. The van der Waals surface area contributed by atoms with Crippen molar-refractivity contribution < 1.29 is 19.0 Å². The highest BCUT2D eigenvalue weighted by molar-refractivity contribution is 5.83. The first kappa shape index (κ1) is 16.6. The van der Waals surface area contributed by atoms with E-state index >= 15 is 0 Å². The van der Waals surface area contributed by atoms with E-state index in [4.69, 9.17) is 15.6 Å². The average Bonchev–Trinajstić information content (AvgIpc) is 2.45. The maximum atomic E-state index is 14.1. The first-order chi connectivity index (χ1) is 9.62. The summed E-state index contributed by atoms with van der Waals surface area (Å²) in [7, 11) is 0. The van der Waals surface area contributed by atoms with Gasteiger partial charge in [-0.05, 0) is 32.3 Å². The van der Waals surface area contributed by atoms with Crippen molar-refractivity contribution in [2.45, 2.75) is 31.6 Å². The van der Waals surface area contributed by atoms with E-state index in [1.165, 1.54) is 6.07 Å². The lowest BCUT2D eigenvalue weighted by atomic mass is 9.76. The quantitative estimate of drug-likeness (QED) is 0.563. The maximum Gasteiger partial charge on any atom is 0.317 e. The summed E-state index contributed by atoms with van der Waals surface area (Å²) in [4.78, 5) is 12.3. The minimum absolute atomic E-state index is 0.0285. The SMILES string of the molecule is CCOC(=O)C(CN)(CCCCO)c1ccccc1F. The number of hydrogen-bond acceptors (Lipinski definition) is 4. The minimum atomic E-state index is -1.18. The fourth-order valence-corrected chi connectivity index (χ4v) is 2.30. The van der Waals surface area contributed by atoms with Gasteiger partial charge >= 0.3 is 5.97 Å². The molecule has 0 saturated carbocycles. The molecule has 1 unspecified atom stereocenters. The van der Waals surface area contributed by atoms with Gasteiger partial charge in [0.05, 0.1) is 6.61 Å². The van der Waals surface area contributed by atoms with Gasteiger partial charge in [0.15, 0.2) is 0 Å². The van der Waals surface area contributed by atoms with Crippen LogP contribution in [0.2, 0.25) is 0 Å². The number of rotatable bonds is 8. The van der Waals surface area contributed by atoms with Crippen LogP contribution in [0, 0.1) is 5.82 Å². The van der Waals surface area contributed by atoms with Crippen LogP contribution in [0.5, 0.6) is 0 Å². The first-order valence-electron chi connectivity index (χ1n) is 6.85. The van der Waals surface area contributed by atoms with Gasteiger partial charge in [-0.25, -0.2) is 4.39 Å². The van der Waals surface area contributed by atoms with Crippen molar-refractivity contribution in [3.63, 3.8) is 0 Å². The second kappa shape index (κ2) is 7.97. The lowest BCUT2D eigenvalue weighted by Gasteiger charge is -2.31. The Labute approximate surface area is 118 Å². The van der Waals surface area contributed by atoms with Crippen molar-refractivity contribution in [3.8, 4) is 0 Å². The number of nitrogens with two attached hydrogens (primary N) is 1. The van der Waals surface area contributed by atoms with Gasteiger partial charge in [0, 0.05) is 18.7 Å². The molecule has 1 atom stereocenters. The van der Waals surface area contributed by atoms with Crippen molar-refractivity contribution in [2.75, 3.05) is 19.8 Å². The predicted molar refractivity (Wildman–Crippen MR) is 74.7 cm³/mol. The third-order valence-electron chi connectivity index (χ3n) is 3.42. The van der Waals surface area contributed by atoms with Crippen molar-refractivity contribution in [3.05, 3.63) is 35.6 Å². The third kappa shape index (κ3) is 3.55. The Balaban J connectivity index is 3.16. The van der Waals surface area contributed by atoms with Gasteiger partial charge in [-0.15, -0.1) is 0 Å². The fourth-order valence-electron chi connectivity index (χ4n) is 2.30. The molecule has 20 heavy (non-hydrogen) atoms. The Kier molecular flexibility index (Phi) is 6.61. The van der Waals surface area contributed by atoms with Crippen LogP contribution < -0.4 is 5.73 Å². The van der Waals surface area contributed by atoms with Crippen molar-refractivity contribution in [2.24, 2.45) is 5.73 Å². The number of esters is 1. The third-order valence-corrected chi connectivity index (χ3v) is 3.42. The molecule has 1 aromatic carbocycles. The number of carbonyl (C=O) groups is 1. The van der Waals surface area contributed by atoms with Gasteiger partial charge in [-0.3, -0.25) is 4.79 Å². The molecule has 0 spiro atoms. The molecule has 0 bridgehead atoms. The Morgan fingerprint density at radius 1 is 1.40 bits per heavy atom. The Bertz CT molecular complexity index is 439. The van der Waals surface area contributed by atoms with Crippen LogP contribution in [0.4, 0.5) is 4.39 Å². The molecule has 0 amide bonds. The zero-order valence-electron chi connectivity index (χ0n) is 11.8. The summed E-state index contributed by atoms with van der Waals surface area (Å²) in [6.45, 7) is 1.92. The molecule has 1 rings (SSSR count). The average molecular weight is 283 g/mol. The number of halogens is 1. The van der Waals surface area contributed by atoms with Gasteiger partial charge < -0.3 is 15.6 Å². The summed E-state index contributed by atoms with van der Waals surface area (Å²) in [5.74, 6) is -0.972. The van der Waals surface area contributed by atoms with Crippen molar-refractivity contribution in [1.82, 2.24) is 0 Å². The fraction of sp³-hybridized carbons (Fsp3) is 0.533. The highest BCUT2D eigenvalue weighted by Gasteiger charge is 2.41. The van der Waals surface area contributed by atoms with Crippen LogP contribution in [0.1, 0.15) is 31.7 Å². The van der Waals surface area contributed by atoms with Crippen LogP contribution >= 0.6 is 0 Å². The monoisotopic (exact) mass is 283 g/mol. The number of ether oxygens (including phenoxy) is 1. The van der Waals surface area contributed by atoms with Crippen molar-refractivity contribution >= 4 is 5.97 Å². The molecule has 112 valence electrons. The van der Waals surface area contributed by atoms with E-state index in [0.29, 0.717) is 19.3 Å². The summed E-state index contributed by atoms with van der Waals surface area (Å²) >= 11 is 0. The van der Waals surface area contributed by atoms with Gasteiger partial charge in [0.1, 0.15) is 11.2 Å². The molecule has 0 aliphatic carbocycles. The van der Waals surface area contributed by atoms with E-state index in [0.717, 1.165) is 0 Å². The largest absolute Gasteiger partial charge is 0.465 e. The van der Waals surface area contributed by atoms with Crippen LogP contribution in [0.25, 0.3) is 0 Å². The van der Waals surface area contributed by atoms with E-state index in [-0.39, 0.29) is 25.3 Å². The van der Waals surface area contributed by atoms with E-state index in [1.54, 1.807) is 25.1 Å². The summed E-state index contributed by atoms with van der Waals surface area (Å²) in [6.07, 6.45) is 1.46. The Hall–Kier alpha value is -1.46. The Morgan fingerprint density at radius 2 is 2.10 bits per heavy atom. The van der Waals surface area contributed by atoms with Crippen molar-refractivity contribution in [1.29, 1.82) is 0 Å². The van der Waals surface area contributed by atoms with Gasteiger partial charge in [-0.2, -0.15) is 0 Å². The second-order valence-corrected chi connectivity index (χ2v) is 4.67. The molecule has 0 aliphatic heterocycles. The molecule has 4 nitrogen and oxygen atoms in total. The highest BCUT2D eigenvalue weighted by Crippen LogP contribution is 2.32. The smallest absolute Gasteiger partial charge is 0.317 e. The van der Waals surface area contributed by atoms with Gasteiger partial charge in [0.2, 0.25) is 0 Å². The molecule has 0 aliphatic rings. The standard InChI is InChI=1S/C15H22FNO3/c1-2-20-14(19)15(11-17,9-5-6-10-18)12-7-3-4-8-13(12)16/h3-4,7-8,18H,2,5-6,9-11,17H2,1H3. The van der Waals surface area contributed by atoms with Gasteiger partial charge in [-0.1, -0.05) is 18.2 Å². The summed E-state index contributed by atoms with van der Waals surface area (Å²) in [6, 6.07) is 6.12. The summed E-state index contributed by atoms with van der Waals surface area (Å²) in [5.41, 5.74) is 4.87. The molecule has 0 saturated heterocycles. The van der Waals surface area contributed by atoms with Gasteiger partial charge in [0.25, 0.3) is 0 Å². The highest BCUT2D eigenvalue weighted by atomic mass is 19.1. The molecule has 0 heterocycles. The molecular formula is C15H22FNO3. The topological polar surface area (TPSA) is 72.5 Å². The molecule has 1 aromatic rings. The van der Waals surface area contributed by atoms with E-state index in [9.17, 15) is 9.18 Å². The minimum Gasteiger partial charge on any atom is -0.465 e. The van der Waals surface area contributed by atoms with Crippen LogP contribution in [0.3, 0.4) is 0 Å². The first-order valence-corrected chi connectivity index (χ1v) is 6.85. The zero-order valence-corrected chi connectivity index (χ0v) is 11.8. The molecule has 0 radical (unpaired) electrons. The van der Waals surface area contributed by atoms with E-state index in [2.05, 4.69) is 0 Å². The number of hydrogen-bond donors (Lipinski definition) is 2. The number of carbonyl (C=O) groups excluding carboxylic acids is 1. The summed E-state index contributed by atoms with van der Waals surface area (Å²) in [5, 5.41) is 8.88. The van der Waals surface area contributed by atoms with Crippen LogP contribution in [0.15, 0.2) is 24.3 Å². The molecular weight excluding hydrogens is 261 g/mol. The second-order valence-electron chi connectivity index (χ2n) is 4.67. The number of benzene rings is 1. The lowest BCUT2D eigenvalue weighted by molar-refractivity contribution is -0.150. The molecule has 0 fully saturated rings. The number of aliphatic hydroxyl groups excluding tert-OH is 1. The summed E-state index contributed by atoms with van der Waals surface area (Å²) < 4.78 is 19.2. The van der Waals surface area contributed by atoms with Crippen LogP contribution in [-0.4, -0.2) is 30.8 Å². The number of aliphatic hydroxyl groups is 1. The Morgan fingerprint density at radius 3 is 2.65 bits per heavy atom. The molecule has 0 aromatic heterocycles.